The highest BCUT2D eigenvalue weighted by Gasteiger charge is 2.14. The van der Waals surface area contributed by atoms with Crippen molar-refractivity contribution in [3.63, 3.8) is 0 Å². The summed E-state index contributed by atoms with van der Waals surface area (Å²) in [7, 11) is 0. The van der Waals surface area contributed by atoms with E-state index in [1.165, 1.54) is 17.5 Å². The Hall–Kier alpha value is -1.86. The summed E-state index contributed by atoms with van der Waals surface area (Å²) in [6.07, 6.45) is 1.45. The van der Waals surface area contributed by atoms with Crippen molar-refractivity contribution in [1.29, 1.82) is 0 Å². The zero-order valence-corrected chi connectivity index (χ0v) is 13.1. The summed E-state index contributed by atoms with van der Waals surface area (Å²) in [4.78, 5) is 20.7. The third kappa shape index (κ3) is 4.05. The van der Waals surface area contributed by atoms with Crippen LogP contribution in [-0.2, 0) is 0 Å². The van der Waals surface area contributed by atoms with Gasteiger partial charge >= 0.3 is 6.01 Å². The lowest BCUT2D eigenvalue weighted by Gasteiger charge is -2.10. The normalized spacial score (nSPS) is 10.2. The van der Waals surface area contributed by atoms with Crippen molar-refractivity contribution in [2.24, 2.45) is 0 Å². The van der Waals surface area contributed by atoms with Crippen LogP contribution in [-0.4, -0.2) is 29.1 Å². The first kappa shape index (κ1) is 15.5. The van der Waals surface area contributed by atoms with Crippen molar-refractivity contribution in [2.75, 3.05) is 18.5 Å². The van der Waals surface area contributed by atoms with Gasteiger partial charge in [-0.15, -0.1) is 11.3 Å². The zero-order valence-electron chi connectivity index (χ0n) is 11.6. The Morgan fingerprint density at radius 1 is 1.33 bits per heavy atom. The van der Waals surface area contributed by atoms with Crippen LogP contribution in [0.1, 0.15) is 23.5 Å². The number of carbonyl (C=O) groups excluding carboxylic acids is 1. The first-order valence-corrected chi connectivity index (χ1v) is 7.52. The molecule has 8 heteroatoms. The molecule has 6 nitrogen and oxygen atoms in total. The summed E-state index contributed by atoms with van der Waals surface area (Å²) in [6, 6.07) is 3.52. The van der Waals surface area contributed by atoms with Crippen LogP contribution in [0.2, 0.25) is 4.34 Å². The summed E-state index contributed by atoms with van der Waals surface area (Å²) in [5.74, 6) is -0.0208. The lowest BCUT2D eigenvalue weighted by molar-refractivity contribution is 0.102. The highest BCUT2D eigenvalue weighted by Crippen LogP contribution is 2.26. The minimum Gasteiger partial charge on any atom is -0.476 e. The van der Waals surface area contributed by atoms with E-state index in [0.29, 0.717) is 28.1 Å². The van der Waals surface area contributed by atoms with E-state index in [2.05, 4.69) is 15.3 Å². The molecule has 0 unspecified atom stereocenters. The van der Waals surface area contributed by atoms with Crippen molar-refractivity contribution >= 4 is 34.5 Å². The van der Waals surface area contributed by atoms with Gasteiger partial charge in [0.15, 0.2) is 0 Å². The second kappa shape index (κ2) is 7.24. The summed E-state index contributed by atoms with van der Waals surface area (Å²) in [5.41, 5.74) is 0.384. The number of ether oxygens (including phenoxy) is 2. The molecule has 112 valence electrons. The smallest absolute Gasteiger partial charge is 0.319 e. The number of halogens is 1. The molecule has 21 heavy (non-hydrogen) atoms. The van der Waals surface area contributed by atoms with E-state index in [-0.39, 0.29) is 17.8 Å². The zero-order chi connectivity index (χ0) is 15.2. The Bertz CT molecular complexity index is 633. The number of thiophene rings is 1. The third-order valence-corrected chi connectivity index (χ3v) is 3.56. The van der Waals surface area contributed by atoms with Gasteiger partial charge < -0.3 is 14.8 Å². The SMILES string of the molecule is CCOc1ncc(NC(=O)c2ccc(Cl)s2)c(OCC)n1. The van der Waals surface area contributed by atoms with Crippen molar-refractivity contribution < 1.29 is 14.3 Å². The topological polar surface area (TPSA) is 73.3 Å². The van der Waals surface area contributed by atoms with Crippen LogP contribution in [0.4, 0.5) is 5.69 Å². The molecule has 0 aliphatic heterocycles. The van der Waals surface area contributed by atoms with E-state index < -0.39 is 0 Å². The largest absolute Gasteiger partial charge is 0.476 e. The second-order valence-corrected chi connectivity index (χ2v) is 5.51. The highest BCUT2D eigenvalue weighted by atomic mass is 35.5. The molecule has 2 heterocycles. The number of nitrogens with one attached hydrogen (secondary N) is 1. The van der Waals surface area contributed by atoms with E-state index >= 15 is 0 Å². The maximum atomic E-state index is 12.1. The molecule has 0 aromatic carbocycles. The molecule has 0 spiro atoms. The third-order valence-electron chi connectivity index (χ3n) is 2.33. The standard InChI is InChI=1S/C13H14ClN3O3S/c1-3-19-12-8(7-15-13(17-12)20-4-2)16-11(18)9-5-6-10(14)21-9/h5-7H,3-4H2,1-2H3,(H,16,18). The fourth-order valence-corrected chi connectivity index (χ4v) is 2.44. The van der Waals surface area contributed by atoms with Gasteiger partial charge in [-0.05, 0) is 26.0 Å². The molecule has 0 saturated carbocycles. The predicted octanol–water partition coefficient (Wildman–Crippen LogP) is 3.24. The fourth-order valence-electron chi connectivity index (χ4n) is 1.50. The molecule has 0 radical (unpaired) electrons. The van der Waals surface area contributed by atoms with Gasteiger partial charge in [-0.25, -0.2) is 4.98 Å². The summed E-state index contributed by atoms with van der Waals surface area (Å²) in [6.45, 7) is 4.52. The first-order chi connectivity index (χ1) is 10.1. The summed E-state index contributed by atoms with van der Waals surface area (Å²) < 4.78 is 11.2. The maximum absolute atomic E-state index is 12.1. The van der Waals surface area contributed by atoms with Crippen LogP contribution in [0.5, 0.6) is 11.9 Å². The molecule has 0 atom stereocenters. The van der Waals surface area contributed by atoms with Crippen molar-refractivity contribution in [2.45, 2.75) is 13.8 Å². The molecule has 1 N–H and O–H groups in total. The minimum absolute atomic E-state index is 0.207. The maximum Gasteiger partial charge on any atom is 0.319 e. The molecule has 0 bridgehead atoms. The number of anilines is 1. The van der Waals surface area contributed by atoms with Gasteiger partial charge in [0.1, 0.15) is 5.69 Å². The Morgan fingerprint density at radius 3 is 2.71 bits per heavy atom. The van der Waals surface area contributed by atoms with Crippen molar-refractivity contribution in [3.05, 3.63) is 27.5 Å². The van der Waals surface area contributed by atoms with Crippen LogP contribution in [0.25, 0.3) is 0 Å². The quantitative estimate of drug-likeness (QED) is 0.881. The van der Waals surface area contributed by atoms with E-state index in [1.807, 2.05) is 13.8 Å². The van der Waals surface area contributed by atoms with Crippen LogP contribution >= 0.6 is 22.9 Å². The molecule has 1 amide bonds. The number of hydrogen-bond acceptors (Lipinski definition) is 6. The molecule has 0 fully saturated rings. The van der Waals surface area contributed by atoms with Gasteiger partial charge in [0.05, 0.1) is 28.6 Å². The van der Waals surface area contributed by atoms with Gasteiger partial charge in [0.25, 0.3) is 5.91 Å². The van der Waals surface area contributed by atoms with Crippen LogP contribution in [0.3, 0.4) is 0 Å². The number of amides is 1. The Labute approximate surface area is 131 Å². The molecular weight excluding hydrogens is 314 g/mol. The van der Waals surface area contributed by atoms with Gasteiger partial charge in [0.2, 0.25) is 5.88 Å². The van der Waals surface area contributed by atoms with Crippen LogP contribution in [0.15, 0.2) is 18.3 Å². The summed E-state index contributed by atoms with van der Waals surface area (Å²) >= 11 is 7.01. The van der Waals surface area contributed by atoms with Gasteiger partial charge in [-0.2, -0.15) is 4.98 Å². The number of hydrogen-bond donors (Lipinski definition) is 1. The van der Waals surface area contributed by atoms with Gasteiger partial charge in [0, 0.05) is 0 Å². The molecular formula is C13H14ClN3O3S. The number of rotatable bonds is 6. The van der Waals surface area contributed by atoms with E-state index in [1.54, 1.807) is 12.1 Å². The van der Waals surface area contributed by atoms with E-state index in [4.69, 9.17) is 21.1 Å². The monoisotopic (exact) mass is 327 g/mol. The summed E-state index contributed by atoms with van der Waals surface area (Å²) in [5, 5.41) is 2.70. The lowest BCUT2D eigenvalue weighted by Crippen LogP contribution is -2.13. The number of carbonyl (C=O) groups is 1. The average molecular weight is 328 g/mol. The number of aromatic nitrogens is 2. The van der Waals surface area contributed by atoms with E-state index in [0.717, 1.165) is 0 Å². The highest BCUT2D eigenvalue weighted by molar-refractivity contribution is 7.18. The fraction of sp³-hybridized carbons (Fsp3) is 0.308. The van der Waals surface area contributed by atoms with Crippen LogP contribution < -0.4 is 14.8 Å². The first-order valence-electron chi connectivity index (χ1n) is 6.33. The second-order valence-electron chi connectivity index (χ2n) is 3.80. The molecule has 2 rings (SSSR count). The molecule has 2 aromatic rings. The van der Waals surface area contributed by atoms with Crippen molar-refractivity contribution in [1.82, 2.24) is 9.97 Å². The van der Waals surface area contributed by atoms with Crippen LogP contribution in [0, 0.1) is 0 Å². The predicted molar refractivity (Wildman–Crippen MR) is 81.7 cm³/mol. The molecule has 0 aliphatic carbocycles. The molecule has 0 saturated heterocycles. The average Bonchev–Trinajstić information content (AvgIpc) is 2.89. The van der Waals surface area contributed by atoms with Gasteiger partial charge in [-0.3, -0.25) is 4.79 Å². The Kier molecular flexibility index (Phi) is 5.35. The minimum atomic E-state index is -0.291. The number of nitrogens with zero attached hydrogens (tertiary/aromatic N) is 2. The lowest BCUT2D eigenvalue weighted by atomic mass is 10.4. The van der Waals surface area contributed by atoms with E-state index in [9.17, 15) is 4.79 Å². The Morgan fingerprint density at radius 2 is 2.10 bits per heavy atom. The Balaban J connectivity index is 2.20. The molecule has 2 aromatic heterocycles. The molecule has 0 aliphatic rings. The van der Waals surface area contributed by atoms with Gasteiger partial charge in [-0.1, -0.05) is 11.6 Å². The van der Waals surface area contributed by atoms with Crippen molar-refractivity contribution in [3.8, 4) is 11.9 Å².